The predicted molar refractivity (Wildman–Crippen MR) is 76.5 cm³/mol. The average molecular weight is 277 g/mol. The van der Waals surface area contributed by atoms with E-state index in [4.69, 9.17) is 5.73 Å². The van der Waals surface area contributed by atoms with Crippen LogP contribution < -0.4 is 11.1 Å². The third-order valence-corrected chi connectivity index (χ3v) is 4.21. The third kappa shape index (κ3) is 2.67. The van der Waals surface area contributed by atoms with Crippen molar-refractivity contribution < 1.29 is 4.92 Å². The van der Waals surface area contributed by atoms with E-state index in [1.54, 1.807) is 0 Å². The van der Waals surface area contributed by atoms with Gasteiger partial charge in [0.1, 0.15) is 11.6 Å². The van der Waals surface area contributed by atoms with Crippen LogP contribution in [-0.2, 0) is 0 Å². The summed E-state index contributed by atoms with van der Waals surface area (Å²) in [6, 6.07) is 3.71. The number of nitrogen functional groups attached to an aromatic ring is 1. The number of anilines is 2. The van der Waals surface area contributed by atoms with Gasteiger partial charge in [0.2, 0.25) is 0 Å². The van der Waals surface area contributed by atoms with Crippen molar-refractivity contribution in [2.24, 2.45) is 0 Å². The zero-order chi connectivity index (χ0) is 14.1. The van der Waals surface area contributed by atoms with Crippen molar-refractivity contribution in [3.8, 4) is 0 Å². The largest absolute Gasteiger partial charge is 0.383 e. The Balaban J connectivity index is 1.70. The number of nitrogens with zero attached hydrogens (tertiary/aromatic N) is 3. The van der Waals surface area contributed by atoms with Gasteiger partial charge in [-0.25, -0.2) is 4.98 Å². The SMILES string of the molecule is Nc1cc([N+](=O)[O-])cc(NC2CCN3CCCC3C2)n1. The molecule has 108 valence electrons. The van der Waals surface area contributed by atoms with E-state index in [-0.39, 0.29) is 11.5 Å². The first-order chi connectivity index (χ1) is 9.61. The van der Waals surface area contributed by atoms with Crippen molar-refractivity contribution in [2.75, 3.05) is 24.1 Å². The van der Waals surface area contributed by atoms with Crippen LogP contribution in [0.25, 0.3) is 0 Å². The quantitative estimate of drug-likeness (QED) is 0.643. The lowest BCUT2D eigenvalue weighted by atomic mass is 9.97. The highest BCUT2D eigenvalue weighted by molar-refractivity contribution is 5.53. The van der Waals surface area contributed by atoms with E-state index in [9.17, 15) is 10.1 Å². The van der Waals surface area contributed by atoms with Gasteiger partial charge in [-0.2, -0.15) is 0 Å². The molecule has 20 heavy (non-hydrogen) atoms. The Kier molecular flexibility index (Phi) is 3.43. The molecule has 2 aliphatic rings. The molecule has 0 aromatic carbocycles. The first kappa shape index (κ1) is 13.1. The van der Waals surface area contributed by atoms with Gasteiger partial charge in [-0.3, -0.25) is 10.1 Å². The van der Waals surface area contributed by atoms with Crippen LogP contribution in [0.2, 0.25) is 0 Å². The number of rotatable bonds is 3. The summed E-state index contributed by atoms with van der Waals surface area (Å²) in [4.78, 5) is 17.1. The topological polar surface area (TPSA) is 97.3 Å². The van der Waals surface area contributed by atoms with Crippen molar-refractivity contribution in [3.63, 3.8) is 0 Å². The Morgan fingerprint density at radius 3 is 3.05 bits per heavy atom. The number of hydrogen-bond donors (Lipinski definition) is 2. The maximum absolute atomic E-state index is 10.8. The van der Waals surface area contributed by atoms with Gasteiger partial charge in [0.15, 0.2) is 0 Å². The van der Waals surface area contributed by atoms with E-state index in [1.165, 1.54) is 31.5 Å². The van der Waals surface area contributed by atoms with E-state index in [1.807, 2.05) is 0 Å². The Morgan fingerprint density at radius 2 is 2.25 bits per heavy atom. The molecule has 2 aliphatic heterocycles. The molecule has 0 spiro atoms. The van der Waals surface area contributed by atoms with Gasteiger partial charge in [0.05, 0.1) is 17.1 Å². The summed E-state index contributed by atoms with van der Waals surface area (Å²) in [6.45, 7) is 2.30. The molecular weight excluding hydrogens is 258 g/mol. The highest BCUT2D eigenvalue weighted by Gasteiger charge is 2.31. The second kappa shape index (κ2) is 5.24. The molecule has 0 aliphatic carbocycles. The Hall–Kier alpha value is -1.89. The van der Waals surface area contributed by atoms with E-state index in [0.717, 1.165) is 19.4 Å². The Labute approximate surface area is 117 Å². The summed E-state index contributed by atoms with van der Waals surface area (Å²) < 4.78 is 0. The van der Waals surface area contributed by atoms with Crippen LogP contribution in [0.3, 0.4) is 0 Å². The number of fused-ring (bicyclic) bond motifs is 1. The maximum atomic E-state index is 10.8. The number of pyridine rings is 1. The second-order valence-electron chi connectivity index (χ2n) is 5.59. The zero-order valence-electron chi connectivity index (χ0n) is 11.3. The number of aromatic nitrogens is 1. The van der Waals surface area contributed by atoms with Crippen molar-refractivity contribution in [1.29, 1.82) is 0 Å². The molecule has 0 amide bonds. The summed E-state index contributed by atoms with van der Waals surface area (Å²) in [5, 5.41) is 14.1. The third-order valence-electron chi connectivity index (χ3n) is 4.21. The number of nitrogens with two attached hydrogens (primary N) is 1. The predicted octanol–water partition coefficient (Wildman–Crippen LogP) is 1.61. The van der Waals surface area contributed by atoms with Gasteiger partial charge in [-0.1, -0.05) is 0 Å². The lowest BCUT2D eigenvalue weighted by Gasteiger charge is -2.35. The normalized spacial score (nSPS) is 26.2. The molecule has 2 saturated heterocycles. The van der Waals surface area contributed by atoms with Gasteiger partial charge >= 0.3 is 0 Å². The van der Waals surface area contributed by atoms with Gasteiger partial charge in [0.25, 0.3) is 5.69 Å². The molecule has 7 nitrogen and oxygen atoms in total. The fourth-order valence-electron chi connectivity index (χ4n) is 3.28. The van der Waals surface area contributed by atoms with Crippen molar-refractivity contribution >= 4 is 17.3 Å². The van der Waals surface area contributed by atoms with Crippen molar-refractivity contribution in [2.45, 2.75) is 37.8 Å². The molecule has 0 saturated carbocycles. The monoisotopic (exact) mass is 277 g/mol. The first-order valence-electron chi connectivity index (χ1n) is 7.04. The molecule has 1 aromatic rings. The molecule has 1 aromatic heterocycles. The molecular formula is C13H19N5O2. The van der Waals surface area contributed by atoms with Gasteiger partial charge in [-0.05, 0) is 32.2 Å². The highest BCUT2D eigenvalue weighted by atomic mass is 16.6. The van der Waals surface area contributed by atoms with Crippen LogP contribution >= 0.6 is 0 Å². The van der Waals surface area contributed by atoms with E-state index >= 15 is 0 Å². The maximum Gasteiger partial charge on any atom is 0.276 e. The number of nitrogens with one attached hydrogen (secondary N) is 1. The number of hydrogen-bond acceptors (Lipinski definition) is 6. The van der Waals surface area contributed by atoms with Crippen LogP contribution in [0.4, 0.5) is 17.3 Å². The smallest absolute Gasteiger partial charge is 0.276 e. The average Bonchev–Trinajstić information content (AvgIpc) is 2.85. The number of nitro groups is 1. The van der Waals surface area contributed by atoms with Crippen molar-refractivity contribution in [3.05, 3.63) is 22.2 Å². The Bertz CT molecular complexity index is 521. The molecule has 0 radical (unpaired) electrons. The van der Waals surface area contributed by atoms with E-state index in [0.29, 0.717) is 17.9 Å². The van der Waals surface area contributed by atoms with Crippen LogP contribution in [0.5, 0.6) is 0 Å². The fourth-order valence-corrected chi connectivity index (χ4v) is 3.28. The summed E-state index contributed by atoms with van der Waals surface area (Å²) in [5.41, 5.74) is 5.61. The van der Waals surface area contributed by atoms with Crippen LogP contribution in [0.1, 0.15) is 25.7 Å². The molecule has 3 heterocycles. The molecule has 2 unspecified atom stereocenters. The summed E-state index contributed by atoms with van der Waals surface area (Å²) in [6.07, 6.45) is 4.65. The van der Waals surface area contributed by atoms with Crippen molar-refractivity contribution in [1.82, 2.24) is 9.88 Å². The van der Waals surface area contributed by atoms with Crippen LogP contribution in [0, 0.1) is 10.1 Å². The highest BCUT2D eigenvalue weighted by Crippen LogP contribution is 2.29. The van der Waals surface area contributed by atoms with Gasteiger partial charge in [-0.15, -0.1) is 0 Å². The zero-order valence-corrected chi connectivity index (χ0v) is 11.3. The van der Waals surface area contributed by atoms with E-state index < -0.39 is 4.92 Å². The minimum atomic E-state index is -0.442. The first-order valence-corrected chi connectivity index (χ1v) is 7.04. The summed E-state index contributed by atoms with van der Waals surface area (Å²) in [5.74, 6) is 0.688. The van der Waals surface area contributed by atoms with E-state index in [2.05, 4.69) is 15.2 Å². The molecule has 2 atom stereocenters. The van der Waals surface area contributed by atoms with Gasteiger partial charge < -0.3 is 16.0 Å². The summed E-state index contributed by atoms with van der Waals surface area (Å²) in [7, 11) is 0. The fraction of sp³-hybridized carbons (Fsp3) is 0.615. The lowest BCUT2D eigenvalue weighted by molar-refractivity contribution is -0.384. The molecule has 3 rings (SSSR count). The molecule has 7 heteroatoms. The lowest BCUT2D eigenvalue weighted by Crippen LogP contribution is -2.42. The minimum absolute atomic E-state index is 0.0155. The molecule has 0 bridgehead atoms. The summed E-state index contributed by atoms with van der Waals surface area (Å²) >= 11 is 0. The Morgan fingerprint density at radius 1 is 1.40 bits per heavy atom. The van der Waals surface area contributed by atoms with Crippen LogP contribution in [0.15, 0.2) is 12.1 Å². The van der Waals surface area contributed by atoms with Gasteiger partial charge in [0, 0.05) is 18.6 Å². The molecule has 3 N–H and O–H groups in total. The van der Waals surface area contributed by atoms with Crippen LogP contribution in [-0.4, -0.2) is 40.0 Å². The number of piperidine rings is 1. The standard InChI is InChI=1S/C13H19N5O2/c14-12-7-11(18(19)20)8-13(16-12)15-9-3-5-17-4-1-2-10(17)6-9/h7-10H,1-6H2,(H3,14,15,16). The minimum Gasteiger partial charge on any atom is -0.383 e. The molecule has 2 fully saturated rings. The second-order valence-corrected chi connectivity index (χ2v) is 5.59.